The zero-order valence-electron chi connectivity index (χ0n) is 8.38. The van der Waals surface area contributed by atoms with Gasteiger partial charge in [0.15, 0.2) is 0 Å². The Kier molecular flexibility index (Phi) is 3.70. The fraction of sp³-hybridized carbons (Fsp3) is 0.714. The van der Waals surface area contributed by atoms with E-state index in [1.165, 1.54) is 14.1 Å². The van der Waals surface area contributed by atoms with Crippen LogP contribution in [0.3, 0.4) is 0 Å². The lowest BCUT2D eigenvalue weighted by Crippen LogP contribution is -2.55. The van der Waals surface area contributed by atoms with Crippen molar-refractivity contribution in [1.82, 2.24) is 4.90 Å². The predicted molar refractivity (Wildman–Crippen MR) is 43.4 cm³/mol. The highest BCUT2D eigenvalue weighted by Gasteiger charge is 2.46. The number of carbonyl (C=O) groups is 2. The molecule has 2 N–H and O–H groups in total. The van der Waals surface area contributed by atoms with Gasteiger partial charge in [0.05, 0.1) is 0 Å². The summed E-state index contributed by atoms with van der Waals surface area (Å²) in [6.45, 7) is 0.874. The molecule has 0 aromatic rings. The smallest absolute Gasteiger partial charge is 0.428 e. The number of carbonyl (C=O) groups excluding carboxylic acids is 2. The summed E-state index contributed by atoms with van der Waals surface area (Å²) in [6.07, 6.45) is -5.17. The first kappa shape index (κ1) is 13.7. The third kappa shape index (κ3) is 3.74. The van der Waals surface area contributed by atoms with Crippen molar-refractivity contribution in [2.45, 2.75) is 18.8 Å². The molecule has 0 aromatic heterocycles. The minimum Gasteiger partial charge on any atom is -0.428 e. The number of esters is 1. The van der Waals surface area contributed by atoms with Crippen LogP contribution >= 0.6 is 0 Å². The number of hydrogen-bond acceptors (Lipinski definition) is 4. The number of rotatable bonds is 2. The van der Waals surface area contributed by atoms with Gasteiger partial charge in [-0.05, 0) is 6.92 Å². The van der Waals surface area contributed by atoms with E-state index in [0.717, 1.165) is 11.8 Å². The molecule has 0 unspecified atom stereocenters. The zero-order valence-corrected chi connectivity index (χ0v) is 8.38. The van der Waals surface area contributed by atoms with Crippen molar-refractivity contribution in [3.05, 3.63) is 0 Å². The normalized spacial score (nSPS) is 15.4. The van der Waals surface area contributed by atoms with Gasteiger partial charge in [0.25, 0.3) is 5.91 Å². The Morgan fingerprint density at radius 2 is 1.67 bits per heavy atom. The molecule has 0 bridgehead atoms. The summed E-state index contributed by atoms with van der Waals surface area (Å²) >= 11 is 0. The van der Waals surface area contributed by atoms with E-state index in [-0.39, 0.29) is 0 Å². The van der Waals surface area contributed by atoms with Crippen molar-refractivity contribution < 1.29 is 27.5 Å². The second-order valence-corrected chi connectivity index (χ2v) is 3.19. The van der Waals surface area contributed by atoms with Crippen molar-refractivity contribution in [3.63, 3.8) is 0 Å². The molecule has 1 amide bonds. The monoisotopic (exact) mass is 228 g/mol. The molecular weight excluding hydrogens is 217 g/mol. The van der Waals surface area contributed by atoms with Gasteiger partial charge in [0, 0.05) is 14.1 Å². The number of amides is 1. The fourth-order valence-electron chi connectivity index (χ4n) is 0.738. The molecule has 0 aliphatic rings. The van der Waals surface area contributed by atoms with Crippen LogP contribution in [-0.2, 0) is 14.3 Å². The summed E-state index contributed by atoms with van der Waals surface area (Å²) in [6, 6.07) is 0. The van der Waals surface area contributed by atoms with Gasteiger partial charge < -0.3 is 9.64 Å². The van der Waals surface area contributed by atoms with Gasteiger partial charge >= 0.3 is 12.1 Å². The summed E-state index contributed by atoms with van der Waals surface area (Å²) in [5, 5.41) is 0. The first-order chi connectivity index (χ1) is 6.48. The maximum Gasteiger partial charge on any atom is 0.491 e. The van der Waals surface area contributed by atoms with Crippen molar-refractivity contribution in [3.8, 4) is 0 Å². The molecule has 0 saturated carbocycles. The number of ether oxygens (including phenoxy) is 1. The van der Waals surface area contributed by atoms with Crippen LogP contribution in [0.25, 0.3) is 0 Å². The van der Waals surface area contributed by atoms with Crippen LogP contribution in [0.5, 0.6) is 0 Å². The van der Waals surface area contributed by atoms with Crippen LogP contribution in [0.4, 0.5) is 13.2 Å². The molecule has 0 aromatic carbocycles. The van der Waals surface area contributed by atoms with Crippen LogP contribution in [0, 0.1) is 0 Å². The maximum absolute atomic E-state index is 11.8. The highest BCUT2D eigenvalue weighted by molar-refractivity contribution is 5.87. The van der Waals surface area contributed by atoms with Crippen LogP contribution in [-0.4, -0.2) is 42.8 Å². The molecular formula is C7H11F3N2O3. The highest BCUT2D eigenvalue weighted by atomic mass is 19.4. The van der Waals surface area contributed by atoms with Crippen molar-refractivity contribution in [2.75, 3.05) is 14.1 Å². The van der Waals surface area contributed by atoms with Crippen LogP contribution in [0.2, 0.25) is 0 Å². The number of nitrogens with two attached hydrogens (primary N) is 1. The lowest BCUT2D eigenvalue weighted by molar-refractivity contribution is -0.214. The van der Waals surface area contributed by atoms with E-state index in [1.54, 1.807) is 0 Å². The largest absolute Gasteiger partial charge is 0.491 e. The Morgan fingerprint density at radius 3 is 1.93 bits per heavy atom. The van der Waals surface area contributed by atoms with Gasteiger partial charge in [-0.3, -0.25) is 10.5 Å². The summed E-state index contributed by atoms with van der Waals surface area (Å²) in [5.41, 5.74) is 2.80. The standard InChI is InChI=1S/C7H11F3N2O3/c1-6(11,4(13)12(2)3)15-5(14)7(8,9)10/h11H2,1-3H3/t6-/m1/s1. The second-order valence-electron chi connectivity index (χ2n) is 3.19. The van der Waals surface area contributed by atoms with E-state index in [9.17, 15) is 22.8 Å². The molecule has 0 aliphatic carbocycles. The molecule has 0 rings (SSSR count). The summed E-state index contributed by atoms with van der Waals surface area (Å²) in [5.74, 6) is -3.44. The molecule has 0 fully saturated rings. The number of nitrogens with zero attached hydrogens (tertiary/aromatic N) is 1. The molecule has 0 radical (unpaired) electrons. The Labute approximate surface area is 84.0 Å². The molecule has 5 nitrogen and oxygen atoms in total. The van der Waals surface area contributed by atoms with Gasteiger partial charge in [0.1, 0.15) is 0 Å². The summed E-state index contributed by atoms with van der Waals surface area (Å²) in [4.78, 5) is 22.5. The fourth-order valence-corrected chi connectivity index (χ4v) is 0.738. The lowest BCUT2D eigenvalue weighted by atomic mass is 10.2. The highest BCUT2D eigenvalue weighted by Crippen LogP contribution is 2.19. The first-order valence-corrected chi connectivity index (χ1v) is 3.79. The third-order valence-corrected chi connectivity index (χ3v) is 1.37. The van der Waals surface area contributed by atoms with Crippen LogP contribution < -0.4 is 5.73 Å². The summed E-state index contributed by atoms with van der Waals surface area (Å²) in [7, 11) is 2.55. The summed E-state index contributed by atoms with van der Waals surface area (Å²) < 4.78 is 39.2. The molecule has 1 atom stereocenters. The van der Waals surface area contributed by atoms with Crippen LogP contribution in [0.1, 0.15) is 6.92 Å². The average Bonchev–Trinajstić information content (AvgIpc) is 2.00. The quantitative estimate of drug-likeness (QED) is 0.527. The number of likely N-dealkylation sites (N-methyl/N-ethyl adjacent to an activating group) is 1. The Bertz CT molecular complexity index is 273. The molecule has 0 aliphatic heterocycles. The Morgan fingerprint density at radius 1 is 1.27 bits per heavy atom. The average molecular weight is 228 g/mol. The van der Waals surface area contributed by atoms with Gasteiger partial charge in [-0.1, -0.05) is 0 Å². The SMILES string of the molecule is CN(C)C(=O)[C@](C)(N)OC(=O)C(F)(F)F. The molecule has 88 valence electrons. The van der Waals surface area contributed by atoms with Gasteiger partial charge in [0.2, 0.25) is 5.72 Å². The second kappa shape index (κ2) is 4.05. The maximum atomic E-state index is 11.8. The van der Waals surface area contributed by atoms with E-state index in [1.807, 2.05) is 0 Å². The van der Waals surface area contributed by atoms with Crippen molar-refractivity contribution in [1.29, 1.82) is 0 Å². The Hall–Kier alpha value is -1.31. The van der Waals surface area contributed by atoms with Crippen molar-refractivity contribution >= 4 is 11.9 Å². The van der Waals surface area contributed by atoms with E-state index in [4.69, 9.17) is 5.73 Å². The zero-order chi connectivity index (χ0) is 12.4. The number of halogens is 3. The molecule has 15 heavy (non-hydrogen) atoms. The number of alkyl halides is 3. The molecule has 0 heterocycles. The number of hydrogen-bond donors (Lipinski definition) is 1. The van der Waals surface area contributed by atoms with Gasteiger partial charge in [-0.15, -0.1) is 0 Å². The van der Waals surface area contributed by atoms with E-state index in [2.05, 4.69) is 4.74 Å². The third-order valence-electron chi connectivity index (χ3n) is 1.37. The van der Waals surface area contributed by atoms with E-state index >= 15 is 0 Å². The van der Waals surface area contributed by atoms with Crippen molar-refractivity contribution in [2.24, 2.45) is 5.73 Å². The minimum atomic E-state index is -5.17. The minimum absolute atomic E-state index is 0.874. The Balaban J connectivity index is 4.66. The molecule has 0 spiro atoms. The predicted octanol–water partition coefficient (Wildman–Crippen LogP) is -0.145. The lowest BCUT2D eigenvalue weighted by Gasteiger charge is -2.26. The van der Waals surface area contributed by atoms with Gasteiger partial charge in [-0.25, -0.2) is 4.79 Å². The van der Waals surface area contributed by atoms with Gasteiger partial charge in [-0.2, -0.15) is 13.2 Å². The van der Waals surface area contributed by atoms with Crippen LogP contribution in [0.15, 0.2) is 0 Å². The van der Waals surface area contributed by atoms with E-state index < -0.39 is 23.8 Å². The van der Waals surface area contributed by atoms with E-state index in [0.29, 0.717) is 0 Å². The molecule has 0 saturated heterocycles. The first-order valence-electron chi connectivity index (χ1n) is 3.79. The molecule has 8 heteroatoms. The topological polar surface area (TPSA) is 72.6 Å².